The van der Waals surface area contributed by atoms with Gasteiger partial charge < -0.3 is 21.1 Å². The number of benzene rings is 2. The van der Waals surface area contributed by atoms with Crippen LogP contribution in [0.25, 0.3) is 22.7 Å². The highest BCUT2D eigenvalue weighted by Crippen LogP contribution is 2.26. The molecule has 5 N–H and O–H groups in total. The van der Waals surface area contributed by atoms with Gasteiger partial charge in [-0.1, -0.05) is 36.4 Å². The average Bonchev–Trinajstić information content (AvgIpc) is 3.14. The monoisotopic (exact) mass is 398 g/mol. The van der Waals surface area contributed by atoms with Crippen molar-refractivity contribution in [1.29, 1.82) is 0 Å². The van der Waals surface area contributed by atoms with Gasteiger partial charge in [0, 0.05) is 28.4 Å². The number of hydrogen-bond acceptors (Lipinski definition) is 4. The molecule has 0 atom stereocenters. The molecule has 2 aromatic carbocycles. The molecule has 1 amide bonds. The van der Waals surface area contributed by atoms with E-state index in [2.05, 4.69) is 15.3 Å². The average molecular weight is 398 g/mol. The zero-order valence-electron chi connectivity index (χ0n) is 15.8. The molecule has 148 valence electrons. The molecule has 7 heteroatoms. The molecule has 0 saturated heterocycles. The lowest BCUT2D eigenvalue weighted by Crippen LogP contribution is -2.12. The van der Waals surface area contributed by atoms with Crippen LogP contribution in [-0.2, 0) is 4.79 Å². The van der Waals surface area contributed by atoms with Crippen molar-refractivity contribution < 1.29 is 14.7 Å². The van der Waals surface area contributed by atoms with Gasteiger partial charge in [0.05, 0.1) is 17.5 Å². The molecule has 2 heterocycles. The summed E-state index contributed by atoms with van der Waals surface area (Å²) in [5.41, 5.74) is 9.14. The summed E-state index contributed by atoms with van der Waals surface area (Å²) < 4.78 is 0. The van der Waals surface area contributed by atoms with Gasteiger partial charge in [0.2, 0.25) is 0 Å². The van der Waals surface area contributed by atoms with Crippen molar-refractivity contribution in [1.82, 2.24) is 9.97 Å². The minimum Gasteiger partial charge on any atom is -0.478 e. The molecule has 2 aromatic heterocycles. The van der Waals surface area contributed by atoms with E-state index < -0.39 is 5.97 Å². The Morgan fingerprint density at radius 2 is 1.80 bits per heavy atom. The number of rotatable bonds is 5. The Morgan fingerprint density at radius 3 is 2.53 bits per heavy atom. The SMILES string of the molecule is Nc1cccc(C(=O)Nc2cnc3[nH]cc(/C=C(/C(=O)O)c4ccccc4)c3c2)c1. The van der Waals surface area contributed by atoms with Crippen LogP contribution < -0.4 is 11.1 Å². The first kappa shape index (κ1) is 18.9. The maximum atomic E-state index is 12.5. The molecule has 0 unspecified atom stereocenters. The van der Waals surface area contributed by atoms with E-state index in [9.17, 15) is 14.7 Å². The second-order valence-electron chi connectivity index (χ2n) is 6.67. The van der Waals surface area contributed by atoms with Crippen molar-refractivity contribution in [3.8, 4) is 0 Å². The van der Waals surface area contributed by atoms with Gasteiger partial charge in [-0.15, -0.1) is 0 Å². The summed E-state index contributed by atoms with van der Waals surface area (Å²) in [7, 11) is 0. The van der Waals surface area contributed by atoms with Gasteiger partial charge in [-0.05, 0) is 35.9 Å². The summed E-state index contributed by atoms with van der Waals surface area (Å²) in [4.78, 5) is 31.6. The predicted octanol–water partition coefficient (Wildman–Crippen LogP) is 4.02. The summed E-state index contributed by atoms with van der Waals surface area (Å²) in [6.45, 7) is 0. The fourth-order valence-corrected chi connectivity index (χ4v) is 3.14. The van der Waals surface area contributed by atoms with Gasteiger partial charge >= 0.3 is 5.97 Å². The Labute approximate surface area is 171 Å². The highest BCUT2D eigenvalue weighted by Gasteiger charge is 2.13. The fourth-order valence-electron chi connectivity index (χ4n) is 3.14. The van der Waals surface area contributed by atoms with Crippen molar-refractivity contribution in [2.45, 2.75) is 0 Å². The number of carboxylic acids is 1. The Morgan fingerprint density at radius 1 is 1.03 bits per heavy atom. The maximum absolute atomic E-state index is 12.5. The number of amides is 1. The number of carboxylic acid groups (broad SMARTS) is 1. The molecule has 0 saturated carbocycles. The number of nitrogens with zero attached hydrogens (tertiary/aromatic N) is 1. The molecule has 0 radical (unpaired) electrons. The lowest BCUT2D eigenvalue weighted by Gasteiger charge is -2.06. The molecule has 4 rings (SSSR count). The number of pyridine rings is 1. The Bertz CT molecular complexity index is 1280. The van der Waals surface area contributed by atoms with Crippen molar-refractivity contribution in [3.63, 3.8) is 0 Å². The minimum atomic E-state index is -1.03. The summed E-state index contributed by atoms with van der Waals surface area (Å²) >= 11 is 0. The number of aliphatic carboxylic acids is 1. The first-order chi connectivity index (χ1) is 14.5. The van der Waals surface area contributed by atoms with Crippen LogP contribution in [0.3, 0.4) is 0 Å². The lowest BCUT2D eigenvalue weighted by molar-refractivity contribution is -0.130. The number of aromatic amines is 1. The summed E-state index contributed by atoms with van der Waals surface area (Å²) in [5.74, 6) is -1.35. The number of aromatic nitrogens is 2. The zero-order valence-corrected chi connectivity index (χ0v) is 15.8. The molecular weight excluding hydrogens is 380 g/mol. The normalized spacial score (nSPS) is 11.4. The molecule has 0 aliphatic rings. The summed E-state index contributed by atoms with van der Waals surface area (Å²) in [6, 6.07) is 17.3. The number of H-pyrrole nitrogens is 1. The number of carbonyl (C=O) groups excluding carboxylic acids is 1. The number of nitrogens with two attached hydrogens (primary N) is 1. The molecule has 0 bridgehead atoms. The third-order valence-electron chi connectivity index (χ3n) is 4.58. The van der Waals surface area contributed by atoms with Crippen LogP contribution in [0.4, 0.5) is 11.4 Å². The van der Waals surface area contributed by atoms with Crippen LogP contribution >= 0.6 is 0 Å². The Kier molecular flexibility index (Phi) is 5.00. The van der Waals surface area contributed by atoms with Gasteiger partial charge in [-0.3, -0.25) is 4.79 Å². The van der Waals surface area contributed by atoms with E-state index in [-0.39, 0.29) is 11.5 Å². The number of nitrogens with one attached hydrogen (secondary N) is 2. The molecule has 0 fully saturated rings. The topological polar surface area (TPSA) is 121 Å². The first-order valence-corrected chi connectivity index (χ1v) is 9.16. The van der Waals surface area contributed by atoms with E-state index in [0.29, 0.717) is 39.1 Å². The second kappa shape index (κ2) is 7.92. The van der Waals surface area contributed by atoms with Gasteiger partial charge in [-0.25, -0.2) is 9.78 Å². The predicted molar refractivity (Wildman–Crippen MR) is 117 cm³/mol. The summed E-state index contributed by atoms with van der Waals surface area (Å²) in [5, 5.41) is 13.1. The second-order valence-corrected chi connectivity index (χ2v) is 6.67. The Hall–Kier alpha value is -4.39. The number of nitrogen functional groups attached to an aromatic ring is 1. The van der Waals surface area contributed by atoms with E-state index >= 15 is 0 Å². The van der Waals surface area contributed by atoms with Crippen molar-refractivity contribution in [3.05, 3.63) is 89.7 Å². The van der Waals surface area contributed by atoms with Gasteiger partial charge in [0.1, 0.15) is 5.65 Å². The summed E-state index contributed by atoms with van der Waals surface area (Å²) in [6.07, 6.45) is 4.81. The largest absolute Gasteiger partial charge is 0.478 e. The van der Waals surface area contributed by atoms with Crippen LogP contribution in [0.15, 0.2) is 73.1 Å². The Balaban J connectivity index is 1.69. The van der Waals surface area contributed by atoms with E-state index in [0.717, 1.165) is 0 Å². The van der Waals surface area contributed by atoms with Crippen molar-refractivity contribution >= 4 is 45.9 Å². The minimum absolute atomic E-state index is 0.158. The molecule has 0 aliphatic carbocycles. The third kappa shape index (κ3) is 3.90. The number of hydrogen-bond donors (Lipinski definition) is 4. The molecule has 0 aliphatic heterocycles. The lowest BCUT2D eigenvalue weighted by atomic mass is 10.0. The zero-order chi connectivity index (χ0) is 21.1. The third-order valence-corrected chi connectivity index (χ3v) is 4.58. The fraction of sp³-hybridized carbons (Fsp3) is 0. The van der Waals surface area contributed by atoms with Crippen molar-refractivity contribution in [2.24, 2.45) is 0 Å². The maximum Gasteiger partial charge on any atom is 0.336 e. The van der Waals surface area contributed by atoms with Gasteiger partial charge in [-0.2, -0.15) is 0 Å². The number of fused-ring (bicyclic) bond motifs is 1. The molecule has 0 spiro atoms. The van der Waals surface area contributed by atoms with E-state index in [1.165, 1.54) is 6.20 Å². The molecule has 7 nitrogen and oxygen atoms in total. The van der Waals surface area contributed by atoms with Crippen LogP contribution in [0, 0.1) is 0 Å². The van der Waals surface area contributed by atoms with E-state index in [1.54, 1.807) is 66.9 Å². The van der Waals surface area contributed by atoms with E-state index in [1.807, 2.05) is 6.07 Å². The molecule has 4 aromatic rings. The highest BCUT2D eigenvalue weighted by molar-refractivity contribution is 6.21. The standard InChI is InChI=1S/C23H18N4O3/c24-17-8-4-7-15(9-17)22(28)27-18-11-19-16(12-25-21(19)26-13-18)10-20(23(29)30)14-5-2-1-3-6-14/h1-13H,24H2,(H,25,26)(H,27,28)(H,29,30)/b20-10+. The van der Waals surface area contributed by atoms with Crippen LogP contribution in [0.2, 0.25) is 0 Å². The van der Waals surface area contributed by atoms with Crippen LogP contribution in [0.1, 0.15) is 21.5 Å². The molecular formula is C23H18N4O3. The molecule has 30 heavy (non-hydrogen) atoms. The van der Waals surface area contributed by atoms with Crippen LogP contribution in [0.5, 0.6) is 0 Å². The number of carbonyl (C=O) groups is 2. The van der Waals surface area contributed by atoms with Gasteiger partial charge in [0.25, 0.3) is 5.91 Å². The highest BCUT2D eigenvalue weighted by atomic mass is 16.4. The van der Waals surface area contributed by atoms with Crippen molar-refractivity contribution in [2.75, 3.05) is 11.1 Å². The number of anilines is 2. The quantitative estimate of drug-likeness (QED) is 0.299. The van der Waals surface area contributed by atoms with Crippen LogP contribution in [-0.4, -0.2) is 27.0 Å². The first-order valence-electron chi connectivity index (χ1n) is 9.16. The van der Waals surface area contributed by atoms with Gasteiger partial charge in [0.15, 0.2) is 0 Å². The smallest absolute Gasteiger partial charge is 0.336 e. The van der Waals surface area contributed by atoms with E-state index in [4.69, 9.17) is 5.73 Å².